The van der Waals surface area contributed by atoms with Gasteiger partial charge in [-0.15, -0.1) is 0 Å². The van der Waals surface area contributed by atoms with E-state index >= 15 is 0 Å². The monoisotopic (exact) mass is 551 g/mol. The van der Waals surface area contributed by atoms with Gasteiger partial charge in [-0.2, -0.15) is 0 Å². The third-order valence-electron chi connectivity index (χ3n) is 6.88. The average molecular weight is 552 g/mol. The summed E-state index contributed by atoms with van der Waals surface area (Å²) >= 11 is 0. The Kier molecular flexibility index (Phi) is 8.95. The fourth-order valence-corrected chi connectivity index (χ4v) is 4.77. The number of H-pyrrole nitrogens is 1. The van der Waals surface area contributed by atoms with Crippen molar-refractivity contribution in [3.8, 4) is 17.2 Å². The van der Waals surface area contributed by atoms with Gasteiger partial charge in [-0.1, -0.05) is 36.4 Å². The third kappa shape index (κ3) is 7.33. The fourth-order valence-electron chi connectivity index (χ4n) is 4.77. The molecule has 2 aromatic heterocycles. The molecule has 0 saturated carbocycles. The lowest BCUT2D eigenvalue weighted by molar-refractivity contribution is -0.125. The Balaban J connectivity index is 1.18. The van der Waals surface area contributed by atoms with Crippen molar-refractivity contribution < 1.29 is 19.1 Å². The normalized spacial score (nSPS) is 11.6. The third-order valence-corrected chi connectivity index (χ3v) is 6.88. The maximum absolute atomic E-state index is 12.9. The number of aromatic nitrogens is 3. The van der Waals surface area contributed by atoms with Gasteiger partial charge in [-0.05, 0) is 60.4 Å². The number of methoxy groups -OCH3 is 1. The van der Waals surface area contributed by atoms with E-state index < -0.39 is 0 Å². The van der Waals surface area contributed by atoms with Gasteiger partial charge in [-0.25, -0.2) is 4.98 Å². The molecule has 0 aliphatic carbocycles. The van der Waals surface area contributed by atoms with Crippen LogP contribution in [0.4, 0.5) is 0 Å². The number of carbonyl (C=O) groups is 2. The molecular weight excluding hydrogens is 518 g/mol. The number of imidazole rings is 1. The minimum atomic E-state index is -0.330. The highest BCUT2D eigenvalue weighted by Gasteiger charge is 2.17. The van der Waals surface area contributed by atoms with Crippen molar-refractivity contribution in [3.05, 3.63) is 109 Å². The standard InChI is InChI=1S/C32H33N5O4/c1-40-30-9-5-2-6-23(30)10-15-31(38)35-20-25(18-24-19-34-29-8-4-3-7-28(24)29)36-32(39)21-41-27-13-11-26(12-14-27)37-17-16-33-22-37/h2-9,11-14,16-17,19,22,25,34H,10,15,18,20-21H2,1H3,(H,35,38)(H,36,39). The quantitative estimate of drug-likeness (QED) is 0.203. The molecule has 2 amide bonds. The number of aromatic amines is 1. The number of hydrogen-bond donors (Lipinski definition) is 3. The van der Waals surface area contributed by atoms with Crippen LogP contribution >= 0.6 is 0 Å². The lowest BCUT2D eigenvalue weighted by Gasteiger charge is -2.20. The molecule has 3 aromatic carbocycles. The van der Waals surface area contributed by atoms with Gasteiger partial charge in [0.2, 0.25) is 5.91 Å². The molecule has 1 atom stereocenters. The second kappa shape index (κ2) is 13.3. The van der Waals surface area contributed by atoms with Crippen LogP contribution < -0.4 is 20.1 Å². The highest BCUT2D eigenvalue weighted by Crippen LogP contribution is 2.20. The predicted molar refractivity (Wildman–Crippen MR) is 157 cm³/mol. The number of ether oxygens (including phenoxy) is 2. The van der Waals surface area contributed by atoms with E-state index in [2.05, 4.69) is 20.6 Å². The summed E-state index contributed by atoms with van der Waals surface area (Å²) in [7, 11) is 1.62. The van der Waals surface area contributed by atoms with Crippen LogP contribution in [0.5, 0.6) is 11.5 Å². The summed E-state index contributed by atoms with van der Waals surface area (Å²) in [5, 5.41) is 7.13. The van der Waals surface area contributed by atoms with Crippen molar-refractivity contribution in [1.82, 2.24) is 25.2 Å². The van der Waals surface area contributed by atoms with Crippen molar-refractivity contribution in [2.45, 2.75) is 25.3 Å². The van der Waals surface area contributed by atoms with Gasteiger partial charge in [0.1, 0.15) is 11.5 Å². The maximum Gasteiger partial charge on any atom is 0.258 e. The summed E-state index contributed by atoms with van der Waals surface area (Å²) in [5.74, 6) is 0.989. The molecule has 1 unspecified atom stereocenters. The van der Waals surface area contributed by atoms with Crippen molar-refractivity contribution in [1.29, 1.82) is 0 Å². The average Bonchev–Trinajstić information content (AvgIpc) is 3.69. The van der Waals surface area contributed by atoms with E-state index in [0.717, 1.165) is 33.5 Å². The van der Waals surface area contributed by atoms with Crippen LogP contribution in [0.2, 0.25) is 0 Å². The van der Waals surface area contributed by atoms with Crippen LogP contribution in [-0.2, 0) is 22.4 Å². The van der Waals surface area contributed by atoms with Crippen molar-refractivity contribution in [2.75, 3.05) is 20.3 Å². The number of benzene rings is 3. The molecule has 5 aromatic rings. The molecule has 5 rings (SSSR count). The molecule has 0 bridgehead atoms. The Morgan fingerprint density at radius 1 is 0.976 bits per heavy atom. The van der Waals surface area contributed by atoms with Crippen molar-refractivity contribution in [3.63, 3.8) is 0 Å². The van der Waals surface area contributed by atoms with Crippen LogP contribution in [0.1, 0.15) is 17.5 Å². The first kappa shape index (κ1) is 27.5. The Morgan fingerprint density at radius 3 is 2.59 bits per heavy atom. The summed E-state index contributed by atoms with van der Waals surface area (Å²) in [4.78, 5) is 33.0. The van der Waals surface area contributed by atoms with E-state index in [4.69, 9.17) is 9.47 Å². The summed E-state index contributed by atoms with van der Waals surface area (Å²) in [6.45, 7) is 0.145. The number of para-hydroxylation sites is 2. The summed E-state index contributed by atoms with van der Waals surface area (Å²) < 4.78 is 13.0. The van der Waals surface area contributed by atoms with E-state index in [-0.39, 0.29) is 31.0 Å². The zero-order valence-electron chi connectivity index (χ0n) is 22.9. The minimum absolute atomic E-state index is 0.0942. The Hall–Kier alpha value is -5.05. The first-order chi connectivity index (χ1) is 20.1. The number of aryl methyl sites for hydroxylation is 1. The minimum Gasteiger partial charge on any atom is -0.496 e. The number of nitrogens with one attached hydrogen (secondary N) is 3. The van der Waals surface area contributed by atoms with Gasteiger partial charge in [0, 0.05) is 48.1 Å². The van der Waals surface area contributed by atoms with E-state index in [1.165, 1.54) is 0 Å². The van der Waals surface area contributed by atoms with Gasteiger partial charge in [0.15, 0.2) is 6.61 Å². The van der Waals surface area contributed by atoms with Gasteiger partial charge in [0.05, 0.1) is 19.5 Å². The summed E-state index contributed by atoms with van der Waals surface area (Å²) in [6, 6.07) is 22.8. The lowest BCUT2D eigenvalue weighted by atomic mass is 10.0. The Bertz CT molecular complexity index is 1580. The number of fused-ring (bicyclic) bond motifs is 1. The topological polar surface area (TPSA) is 110 Å². The molecule has 0 radical (unpaired) electrons. The van der Waals surface area contributed by atoms with E-state index in [1.807, 2.05) is 89.8 Å². The fraction of sp³-hybridized carbons (Fsp3) is 0.219. The van der Waals surface area contributed by atoms with Gasteiger partial charge in [0.25, 0.3) is 5.91 Å². The number of carbonyl (C=O) groups excluding carboxylic acids is 2. The van der Waals surface area contributed by atoms with E-state index in [0.29, 0.717) is 25.0 Å². The van der Waals surface area contributed by atoms with Crippen molar-refractivity contribution >= 4 is 22.7 Å². The summed E-state index contributed by atoms with van der Waals surface area (Å²) in [6.07, 6.45) is 8.65. The molecule has 0 spiro atoms. The Labute approximate surface area is 238 Å². The molecule has 0 aliphatic heterocycles. The SMILES string of the molecule is COc1ccccc1CCC(=O)NCC(Cc1c[nH]c2ccccc12)NC(=O)COc1ccc(-n2ccnc2)cc1. The Morgan fingerprint density at radius 2 is 1.78 bits per heavy atom. The van der Waals surface area contributed by atoms with Gasteiger partial charge in [-0.3, -0.25) is 9.59 Å². The highest BCUT2D eigenvalue weighted by molar-refractivity contribution is 5.83. The van der Waals surface area contributed by atoms with Crippen LogP contribution in [0.25, 0.3) is 16.6 Å². The van der Waals surface area contributed by atoms with Crippen LogP contribution in [0.3, 0.4) is 0 Å². The largest absolute Gasteiger partial charge is 0.496 e. The molecule has 41 heavy (non-hydrogen) atoms. The smallest absolute Gasteiger partial charge is 0.258 e. The highest BCUT2D eigenvalue weighted by atomic mass is 16.5. The molecule has 0 saturated heterocycles. The zero-order valence-corrected chi connectivity index (χ0v) is 22.9. The second-order valence-corrected chi connectivity index (χ2v) is 9.70. The molecule has 0 fully saturated rings. The summed E-state index contributed by atoms with van der Waals surface area (Å²) in [5.41, 5.74) is 4.00. The molecule has 210 valence electrons. The van der Waals surface area contributed by atoms with Crippen LogP contribution in [-0.4, -0.2) is 52.7 Å². The van der Waals surface area contributed by atoms with E-state index in [1.54, 1.807) is 19.6 Å². The van der Waals surface area contributed by atoms with Crippen LogP contribution in [0.15, 0.2) is 97.7 Å². The van der Waals surface area contributed by atoms with Crippen LogP contribution in [0, 0.1) is 0 Å². The maximum atomic E-state index is 12.9. The number of rotatable bonds is 13. The van der Waals surface area contributed by atoms with Gasteiger partial charge < -0.3 is 29.7 Å². The zero-order chi connectivity index (χ0) is 28.4. The first-order valence-corrected chi connectivity index (χ1v) is 13.5. The molecular formula is C32H33N5O4. The molecule has 9 heteroatoms. The number of nitrogens with zero attached hydrogens (tertiary/aromatic N) is 2. The van der Waals surface area contributed by atoms with Crippen molar-refractivity contribution in [2.24, 2.45) is 0 Å². The predicted octanol–water partition coefficient (Wildman–Crippen LogP) is 4.22. The second-order valence-electron chi connectivity index (χ2n) is 9.70. The molecule has 3 N–H and O–H groups in total. The van der Waals surface area contributed by atoms with Gasteiger partial charge >= 0.3 is 0 Å². The lowest BCUT2D eigenvalue weighted by Crippen LogP contribution is -2.46. The number of amides is 2. The molecule has 9 nitrogen and oxygen atoms in total. The number of hydrogen-bond acceptors (Lipinski definition) is 5. The first-order valence-electron chi connectivity index (χ1n) is 13.5. The van der Waals surface area contributed by atoms with E-state index in [9.17, 15) is 9.59 Å². The molecule has 2 heterocycles. The molecule has 0 aliphatic rings.